The zero-order valence-electron chi connectivity index (χ0n) is 21.8. The predicted molar refractivity (Wildman–Crippen MR) is 153 cm³/mol. The number of hydrogen-bond donors (Lipinski definition) is 4. The van der Waals surface area contributed by atoms with Gasteiger partial charge in [0.1, 0.15) is 17.6 Å². The molecule has 2 atom stereocenters. The van der Waals surface area contributed by atoms with Crippen LogP contribution in [-0.4, -0.2) is 48.2 Å². The Morgan fingerprint density at radius 1 is 1.10 bits per heavy atom. The number of unbranched alkanes of at least 4 members (excludes halogenated alkanes) is 1. The number of para-hydroxylation sites is 1. The van der Waals surface area contributed by atoms with Crippen LogP contribution in [0.5, 0.6) is 5.75 Å². The van der Waals surface area contributed by atoms with E-state index in [-0.39, 0.29) is 30.0 Å². The van der Waals surface area contributed by atoms with Gasteiger partial charge in [0, 0.05) is 34.7 Å². The Morgan fingerprint density at radius 2 is 1.77 bits per heavy atom. The minimum Gasteiger partial charge on any atom is -0.494 e. The maximum absolute atomic E-state index is 13.2. The summed E-state index contributed by atoms with van der Waals surface area (Å²) in [5, 5.41) is 12.3. The van der Waals surface area contributed by atoms with Crippen molar-refractivity contribution in [2.75, 3.05) is 13.2 Å². The highest BCUT2D eigenvalue weighted by atomic mass is 32.1. The molecule has 1 fully saturated rings. The van der Waals surface area contributed by atoms with E-state index in [0.717, 1.165) is 22.6 Å². The number of likely N-dealkylation sites (tertiary alicyclic amines) is 1. The molecule has 39 heavy (non-hydrogen) atoms. The highest BCUT2D eigenvalue weighted by molar-refractivity contribution is 7.10. The van der Waals surface area contributed by atoms with Crippen molar-refractivity contribution >= 4 is 35.4 Å². The van der Waals surface area contributed by atoms with Crippen LogP contribution in [0.15, 0.2) is 72.1 Å². The summed E-state index contributed by atoms with van der Waals surface area (Å²) in [6.07, 6.45) is 2.71. The molecule has 1 aliphatic rings. The van der Waals surface area contributed by atoms with Crippen LogP contribution in [0.1, 0.15) is 47.6 Å². The molecule has 1 aliphatic heterocycles. The number of ether oxygens (including phenoxy) is 1. The van der Waals surface area contributed by atoms with E-state index in [9.17, 15) is 9.59 Å². The van der Waals surface area contributed by atoms with Crippen LogP contribution in [0.2, 0.25) is 0 Å². The van der Waals surface area contributed by atoms with Crippen molar-refractivity contribution in [1.29, 1.82) is 5.41 Å². The predicted octanol–water partition coefficient (Wildman–Crippen LogP) is 3.38. The van der Waals surface area contributed by atoms with Crippen LogP contribution in [-0.2, 0) is 20.9 Å². The Balaban J connectivity index is 0.00000134. The maximum atomic E-state index is 13.2. The van der Waals surface area contributed by atoms with Gasteiger partial charge in [0.05, 0.1) is 13.2 Å². The largest absolute Gasteiger partial charge is 0.494 e. The number of carbonyl (C=O) groups is 3. The summed E-state index contributed by atoms with van der Waals surface area (Å²) in [6, 6.07) is 21.0. The average Bonchev–Trinajstić information content (AvgIpc) is 3.61. The third-order valence-corrected chi connectivity index (χ3v) is 7.33. The molecule has 1 saturated heterocycles. The SMILES string of the molecule is N=C(N)c1csc(CNC(=O)C2CC(c3ccccc3)CN2C(=O)CCCCOc2ccccc2)c1.NC=O. The number of nitrogens with two attached hydrogens (primary N) is 2. The fourth-order valence-corrected chi connectivity index (χ4v) is 5.29. The average molecular weight is 550 g/mol. The van der Waals surface area contributed by atoms with Gasteiger partial charge in [-0.15, -0.1) is 11.3 Å². The summed E-state index contributed by atoms with van der Waals surface area (Å²) in [4.78, 5) is 37.6. The van der Waals surface area contributed by atoms with Crippen molar-refractivity contribution in [3.05, 3.63) is 88.1 Å². The summed E-state index contributed by atoms with van der Waals surface area (Å²) < 4.78 is 5.73. The van der Waals surface area contributed by atoms with E-state index >= 15 is 0 Å². The fourth-order valence-electron chi connectivity index (χ4n) is 4.46. The molecule has 0 aliphatic carbocycles. The summed E-state index contributed by atoms with van der Waals surface area (Å²) in [5.74, 6) is 0.817. The molecule has 10 heteroatoms. The Morgan fingerprint density at radius 3 is 2.41 bits per heavy atom. The molecule has 4 rings (SSSR count). The second-order valence-corrected chi connectivity index (χ2v) is 10.1. The van der Waals surface area contributed by atoms with Crippen LogP contribution >= 0.6 is 11.3 Å². The lowest BCUT2D eigenvalue weighted by Crippen LogP contribution is -2.45. The Kier molecular flexibility index (Phi) is 11.5. The molecule has 3 amide bonds. The topological polar surface area (TPSA) is 152 Å². The van der Waals surface area contributed by atoms with E-state index < -0.39 is 6.04 Å². The van der Waals surface area contributed by atoms with Crippen molar-refractivity contribution in [3.8, 4) is 5.75 Å². The molecule has 2 unspecified atom stereocenters. The molecular formula is C29H35N5O4S. The van der Waals surface area contributed by atoms with Crippen LogP contribution in [0.3, 0.4) is 0 Å². The first-order valence-corrected chi connectivity index (χ1v) is 13.7. The lowest BCUT2D eigenvalue weighted by molar-refractivity contribution is -0.138. The molecule has 0 spiro atoms. The number of nitrogen functional groups attached to an aromatic ring is 1. The van der Waals surface area contributed by atoms with E-state index in [0.29, 0.717) is 44.5 Å². The number of primary amides is 1. The Hall–Kier alpha value is -4.18. The summed E-state index contributed by atoms with van der Waals surface area (Å²) >= 11 is 1.45. The first-order chi connectivity index (χ1) is 18.9. The lowest BCUT2D eigenvalue weighted by Gasteiger charge is -2.24. The first-order valence-electron chi connectivity index (χ1n) is 12.8. The second kappa shape index (κ2) is 15.3. The normalized spacial score (nSPS) is 16.1. The van der Waals surface area contributed by atoms with E-state index in [1.165, 1.54) is 11.3 Å². The number of rotatable bonds is 11. The third kappa shape index (κ3) is 8.96. The van der Waals surface area contributed by atoms with Crippen LogP contribution in [0.4, 0.5) is 0 Å². The van der Waals surface area contributed by atoms with Gasteiger partial charge in [-0.05, 0) is 43.0 Å². The summed E-state index contributed by atoms with van der Waals surface area (Å²) in [7, 11) is 0. The summed E-state index contributed by atoms with van der Waals surface area (Å²) in [6.45, 7) is 1.44. The molecule has 0 bridgehead atoms. The van der Waals surface area contributed by atoms with E-state index in [4.69, 9.17) is 20.7 Å². The van der Waals surface area contributed by atoms with Gasteiger partial charge in [-0.1, -0.05) is 48.5 Å². The van der Waals surface area contributed by atoms with Crippen molar-refractivity contribution in [2.24, 2.45) is 11.5 Å². The first kappa shape index (κ1) is 29.4. The monoisotopic (exact) mass is 549 g/mol. The van der Waals surface area contributed by atoms with E-state index in [1.807, 2.05) is 60.0 Å². The standard InChI is InChI=1S/C28H32N4O3S.CH3NO/c29-27(30)22-15-24(36-19-22)17-31-28(34)25-16-21(20-9-3-1-4-10-20)18-32(25)26(33)13-7-8-14-35-23-11-5-2-6-12-23;2-1-3/h1-6,9-12,15,19,21,25H,7-8,13-14,16-18H2,(H3,29,30)(H,31,34);1H,(H2,2,3). The fraction of sp³-hybridized carbons (Fsp3) is 0.310. The molecule has 6 N–H and O–H groups in total. The number of nitrogens with one attached hydrogen (secondary N) is 2. The minimum absolute atomic E-state index is 0.00304. The molecule has 2 heterocycles. The lowest BCUT2D eigenvalue weighted by atomic mass is 9.96. The van der Waals surface area contributed by atoms with Crippen molar-refractivity contribution in [1.82, 2.24) is 10.2 Å². The maximum Gasteiger partial charge on any atom is 0.243 e. The minimum atomic E-state index is -0.504. The number of amides is 3. The molecule has 3 aromatic rings. The molecule has 0 radical (unpaired) electrons. The molecule has 2 aromatic carbocycles. The van der Waals surface area contributed by atoms with Gasteiger partial charge in [0.15, 0.2) is 0 Å². The van der Waals surface area contributed by atoms with Gasteiger partial charge in [-0.3, -0.25) is 19.8 Å². The van der Waals surface area contributed by atoms with Gasteiger partial charge in [0.2, 0.25) is 18.2 Å². The number of amidine groups is 1. The molecule has 0 saturated carbocycles. The Bertz CT molecular complexity index is 1220. The van der Waals surface area contributed by atoms with Gasteiger partial charge in [-0.25, -0.2) is 0 Å². The zero-order chi connectivity index (χ0) is 28.0. The van der Waals surface area contributed by atoms with Gasteiger partial charge >= 0.3 is 0 Å². The van der Waals surface area contributed by atoms with Gasteiger partial charge in [0.25, 0.3) is 0 Å². The number of nitrogens with zero attached hydrogens (tertiary/aromatic N) is 1. The van der Waals surface area contributed by atoms with Crippen molar-refractivity contribution in [2.45, 2.75) is 44.2 Å². The number of carbonyl (C=O) groups excluding carboxylic acids is 3. The smallest absolute Gasteiger partial charge is 0.243 e. The number of benzene rings is 2. The van der Waals surface area contributed by atoms with E-state index in [1.54, 1.807) is 4.90 Å². The second-order valence-electron chi connectivity index (χ2n) is 9.09. The number of hydrogen-bond acceptors (Lipinski definition) is 6. The number of thiophene rings is 1. The summed E-state index contributed by atoms with van der Waals surface area (Å²) in [5.41, 5.74) is 11.5. The van der Waals surface area contributed by atoms with E-state index in [2.05, 4.69) is 23.2 Å². The van der Waals surface area contributed by atoms with Crippen LogP contribution in [0.25, 0.3) is 0 Å². The van der Waals surface area contributed by atoms with Crippen molar-refractivity contribution < 1.29 is 19.1 Å². The quantitative estimate of drug-likeness (QED) is 0.125. The Labute approximate surface area is 232 Å². The third-order valence-electron chi connectivity index (χ3n) is 6.39. The molecule has 1 aromatic heterocycles. The molecule has 9 nitrogen and oxygen atoms in total. The van der Waals surface area contributed by atoms with Crippen molar-refractivity contribution in [3.63, 3.8) is 0 Å². The van der Waals surface area contributed by atoms with Gasteiger partial charge < -0.3 is 26.4 Å². The van der Waals surface area contributed by atoms with Gasteiger partial charge in [-0.2, -0.15) is 0 Å². The molecular weight excluding hydrogens is 514 g/mol. The molecule has 206 valence electrons. The highest BCUT2D eigenvalue weighted by Gasteiger charge is 2.39. The highest BCUT2D eigenvalue weighted by Crippen LogP contribution is 2.32. The van der Waals surface area contributed by atoms with Crippen LogP contribution < -0.4 is 21.5 Å². The zero-order valence-corrected chi connectivity index (χ0v) is 22.6. The van der Waals surface area contributed by atoms with Crippen LogP contribution in [0, 0.1) is 5.41 Å².